The van der Waals surface area contributed by atoms with Gasteiger partial charge in [-0.15, -0.1) is 0 Å². The number of nitrogens with one attached hydrogen (secondary N) is 2. The van der Waals surface area contributed by atoms with Gasteiger partial charge in [-0.05, 0) is 49.2 Å². The third kappa shape index (κ3) is 3.96. The molecule has 2 rings (SSSR count). The molecular weight excluding hydrogens is 240 g/mol. The fourth-order valence-corrected chi connectivity index (χ4v) is 1.74. The van der Waals surface area contributed by atoms with E-state index in [1.807, 2.05) is 44.2 Å². The third-order valence-corrected chi connectivity index (χ3v) is 2.96. The topological polar surface area (TPSA) is 54.3 Å². The van der Waals surface area contributed by atoms with Gasteiger partial charge in [0.25, 0.3) is 0 Å². The van der Waals surface area contributed by atoms with Crippen molar-refractivity contribution in [1.82, 2.24) is 5.32 Å². The molecule has 0 aliphatic carbocycles. The van der Waals surface area contributed by atoms with E-state index in [-0.39, 0.29) is 12.5 Å². The molecule has 0 aliphatic heterocycles. The Kier molecular flexibility index (Phi) is 4.36. The van der Waals surface area contributed by atoms with Crippen molar-refractivity contribution in [2.45, 2.75) is 20.4 Å². The van der Waals surface area contributed by atoms with Gasteiger partial charge in [-0.3, -0.25) is 4.79 Å². The molecule has 0 bridgehead atoms. The van der Waals surface area contributed by atoms with Gasteiger partial charge in [0.2, 0.25) is 5.91 Å². The van der Waals surface area contributed by atoms with Crippen LogP contribution in [-0.4, -0.2) is 12.5 Å². The maximum absolute atomic E-state index is 11.7. The quantitative estimate of drug-likeness (QED) is 0.866. The largest absolute Gasteiger partial charge is 0.468 e. The van der Waals surface area contributed by atoms with Gasteiger partial charge in [-0.2, -0.15) is 0 Å². The Balaban J connectivity index is 1.79. The van der Waals surface area contributed by atoms with E-state index in [4.69, 9.17) is 4.42 Å². The minimum atomic E-state index is -0.0604. The van der Waals surface area contributed by atoms with Crippen LogP contribution in [-0.2, 0) is 11.3 Å². The maximum Gasteiger partial charge on any atom is 0.238 e. The Morgan fingerprint density at radius 3 is 2.74 bits per heavy atom. The Morgan fingerprint density at radius 1 is 1.21 bits per heavy atom. The molecule has 0 saturated carbocycles. The lowest BCUT2D eigenvalue weighted by Crippen LogP contribution is -2.27. The Bertz CT molecular complexity index is 547. The smallest absolute Gasteiger partial charge is 0.238 e. The van der Waals surface area contributed by atoms with Crippen molar-refractivity contribution >= 4 is 11.6 Å². The summed E-state index contributed by atoms with van der Waals surface area (Å²) in [6.45, 7) is 4.88. The van der Waals surface area contributed by atoms with Crippen LogP contribution in [0.25, 0.3) is 0 Å². The number of hydrogen-bond acceptors (Lipinski definition) is 3. The van der Waals surface area contributed by atoms with Crippen LogP contribution in [0.4, 0.5) is 5.69 Å². The van der Waals surface area contributed by atoms with Crippen LogP contribution < -0.4 is 10.6 Å². The first kappa shape index (κ1) is 13.4. The molecule has 4 heteroatoms. The van der Waals surface area contributed by atoms with Crippen molar-refractivity contribution in [2.24, 2.45) is 0 Å². The molecule has 1 amide bonds. The molecular formula is C15H18N2O2. The Hall–Kier alpha value is -2.07. The van der Waals surface area contributed by atoms with Crippen molar-refractivity contribution < 1.29 is 9.21 Å². The summed E-state index contributed by atoms with van der Waals surface area (Å²) in [5.41, 5.74) is 3.21. The molecule has 0 radical (unpaired) electrons. The molecule has 19 heavy (non-hydrogen) atoms. The van der Waals surface area contributed by atoms with E-state index in [1.54, 1.807) is 6.26 Å². The molecule has 1 aromatic heterocycles. The number of benzene rings is 1. The highest BCUT2D eigenvalue weighted by molar-refractivity contribution is 5.92. The lowest BCUT2D eigenvalue weighted by atomic mass is 10.1. The van der Waals surface area contributed by atoms with E-state index in [0.717, 1.165) is 11.4 Å². The predicted octanol–water partition coefficient (Wildman–Crippen LogP) is 2.62. The highest BCUT2D eigenvalue weighted by Crippen LogP contribution is 2.13. The molecule has 4 nitrogen and oxygen atoms in total. The van der Waals surface area contributed by atoms with Gasteiger partial charge in [0.15, 0.2) is 0 Å². The summed E-state index contributed by atoms with van der Waals surface area (Å²) in [5, 5.41) is 5.89. The van der Waals surface area contributed by atoms with Crippen LogP contribution in [0.5, 0.6) is 0 Å². The number of hydrogen-bond donors (Lipinski definition) is 2. The standard InChI is InChI=1S/C15H18N2O2/c1-11-5-6-13(8-12(11)2)17-15(18)10-16-9-14-4-3-7-19-14/h3-8,16H,9-10H2,1-2H3,(H,17,18). The fraction of sp³-hybridized carbons (Fsp3) is 0.267. The summed E-state index contributed by atoms with van der Waals surface area (Å²) in [6, 6.07) is 9.58. The van der Waals surface area contributed by atoms with Gasteiger partial charge in [-0.25, -0.2) is 0 Å². The summed E-state index contributed by atoms with van der Waals surface area (Å²) < 4.78 is 5.17. The van der Waals surface area contributed by atoms with Crippen LogP contribution in [0, 0.1) is 13.8 Å². The van der Waals surface area contributed by atoms with Gasteiger partial charge < -0.3 is 15.1 Å². The lowest BCUT2D eigenvalue weighted by molar-refractivity contribution is -0.115. The van der Waals surface area contributed by atoms with Gasteiger partial charge in [0, 0.05) is 5.69 Å². The molecule has 1 heterocycles. The second-order valence-corrected chi connectivity index (χ2v) is 4.53. The highest BCUT2D eigenvalue weighted by Gasteiger charge is 2.03. The van der Waals surface area contributed by atoms with Crippen molar-refractivity contribution in [3.05, 3.63) is 53.5 Å². The number of amides is 1. The molecule has 2 aromatic rings. The van der Waals surface area contributed by atoms with Gasteiger partial charge >= 0.3 is 0 Å². The number of anilines is 1. The van der Waals surface area contributed by atoms with Crippen LogP contribution in [0.15, 0.2) is 41.0 Å². The van der Waals surface area contributed by atoms with E-state index < -0.39 is 0 Å². The Labute approximate surface area is 112 Å². The summed E-state index contributed by atoms with van der Waals surface area (Å²) in [5.74, 6) is 0.758. The summed E-state index contributed by atoms with van der Waals surface area (Å²) in [4.78, 5) is 11.7. The van der Waals surface area contributed by atoms with Gasteiger partial charge in [0.1, 0.15) is 5.76 Å². The fourth-order valence-electron chi connectivity index (χ4n) is 1.74. The number of carbonyl (C=O) groups excluding carboxylic acids is 1. The summed E-state index contributed by atoms with van der Waals surface area (Å²) in [7, 11) is 0. The van der Waals surface area contributed by atoms with Crippen LogP contribution in [0.1, 0.15) is 16.9 Å². The SMILES string of the molecule is Cc1ccc(NC(=O)CNCc2ccco2)cc1C. The van der Waals surface area contributed by atoms with Gasteiger partial charge in [0.05, 0.1) is 19.4 Å². The number of carbonyl (C=O) groups is 1. The third-order valence-electron chi connectivity index (χ3n) is 2.96. The normalized spacial score (nSPS) is 10.4. The molecule has 100 valence electrons. The van der Waals surface area contributed by atoms with E-state index in [1.165, 1.54) is 11.1 Å². The average Bonchev–Trinajstić information content (AvgIpc) is 2.87. The van der Waals surface area contributed by atoms with E-state index in [9.17, 15) is 4.79 Å². The van der Waals surface area contributed by atoms with Gasteiger partial charge in [-0.1, -0.05) is 6.07 Å². The molecule has 0 saturated heterocycles. The van der Waals surface area contributed by atoms with E-state index >= 15 is 0 Å². The number of aryl methyl sites for hydroxylation is 2. The first-order chi connectivity index (χ1) is 9.15. The maximum atomic E-state index is 11.7. The molecule has 0 aliphatic rings. The molecule has 2 N–H and O–H groups in total. The van der Waals surface area contributed by atoms with Crippen LogP contribution >= 0.6 is 0 Å². The lowest BCUT2D eigenvalue weighted by Gasteiger charge is -2.08. The first-order valence-electron chi connectivity index (χ1n) is 6.25. The highest BCUT2D eigenvalue weighted by atomic mass is 16.3. The number of rotatable bonds is 5. The molecule has 0 fully saturated rings. The van der Waals surface area contributed by atoms with Crippen molar-refractivity contribution in [1.29, 1.82) is 0 Å². The number of furan rings is 1. The molecule has 1 aromatic carbocycles. The summed E-state index contributed by atoms with van der Waals surface area (Å²) in [6.07, 6.45) is 1.62. The van der Waals surface area contributed by atoms with Crippen molar-refractivity contribution in [3.8, 4) is 0 Å². The van der Waals surface area contributed by atoms with Crippen molar-refractivity contribution in [3.63, 3.8) is 0 Å². The zero-order valence-electron chi connectivity index (χ0n) is 11.2. The zero-order valence-corrected chi connectivity index (χ0v) is 11.2. The van der Waals surface area contributed by atoms with Crippen LogP contribution in [0.2, 0.25) is 0 Å². The predicted molar refractivity (Wildman–Crippen MR) is 75.0 cm³/mol. The van der Waals surface area contributed by atoms with E-state index in [2.05, 4.69) is 10.6 Å². The summed E-state index contributed by atoms with van der Waals surface area (Å²) >= 11 is 0. The monoisotopic (exact) mass is 258 g/mol. The molecule has 0 spiro atoms. The van der Waals surface area contributed by atoms with E-state index in [0.29, 0.717) is 6.54 Å². The minimum absolute atomic E-state index is 0.0604. The second kappa shape index (κ2) is 6.20. The second-order valence-electron chi connectivity index (χ2n) is 4.53. The minimum Gasteiger partial charge on any atom is -0.468 e. The zero-order chi connectivity index (χ0) is 13.7. The molecule has 0 atom stereocenters. The molecule has 0 unspecified atom stereocenters. The average molecular weight is 258 g/mol. The first-order valence-corrected chi connectivity index (χ1v) is 6.25. The van der Waals surface area contributed by atoms with Crippen molar-refractivity contribution in [2.75, 3.05) is 11.9 Å². The Morgan fingerprint density at radius 2 is 2.05 bits per heavy atom. The van der Waals surface area contributed by atoms with Crippen LogP contribution in [0.3, 0.4) is 0 Å².